The number of carbonyl (C=O) groups is 1. The molecule has 0 saturated heterocycles. The molecule has 0 aromatic carbocycles. The standard InChI is InChI=1S/C16H26O2/c1-6-14(11-18-13(3)17)8-10-15-9-7-12(2)16(15,4)5/h7-8,15H,6,9-11H2,1-5H3. The normalized spacial score (nSPS) is 22.8. The molecule has 0 aromatic heterocycles. The monoisotopic (exact) mass is 250 g/mol. The Morgan fingerprint density at radius 3 is 2.67 bits per heavy atom. The number of esters is 1. The van der Waals surface area contributed by atoms with Crippen LogP contribution in [0, 0.1) is 11.3 Å². The maximum atomic E-state index is 10.8. The lowest BCUT2D eigenvalue weighted by Gasteiger charge is -2.29. The van der Waals surface area contributed by atoms with Gasteiger partial charge in [0.15, 0.2) is 0 Å². The topological polar surface area (TPSA) is 26.3 Å². The van der Waals surface area contributed by atoms with Crippen molar-refractivity contribution in [2.45, 2.75) is 53.9 Å². The smallest absolute Gasteiger partial charge is 0.302 e. The molecule has 0 saturated carbocycles. The molecule has 2 nitrogen and oxygen atoms in total. The zero-order valence-corrected chi connectivity index (χ0v) is 12.4. The van der Waals surface area contributed by atoms with Crippen LogP contribution in [-0.4, -0.2) is 12.6 Å². The molecular weight excluding hydrogens is 224 g/mol. The zero-order valence-electron chi connectivity index (χ0n) is 12.4. The highest BCUT2D eigenvalue weighted by Crippen LogP contribution is 2.44. The molecule has 0 N–H and O–H groups in total. The van der Waals surface area contributed by atoms with Crippen LogP contribution >= 0.6 is 0 Å². The van der Waals surface area contributed by atoms with Gasteiger partial charge in [0.1, 0.15) is 6.61 Å². The van der Waals surface area contributed by atoms with E-state index in [0.717, 1.165) is 12.8 Å². The van der Waals surface area contributed by atoms with E-state index < -0.39 is 0 Å². The first-order valence-corrected chi connectivity index (χ1v) is 6.86. The number of ether oxygens (including phenoxy) is 1. The minimum atomic E-state index is -0.201. The van der Waals surface area contributed by atoms with Gasteiger partial charge >= 0.3 is 5.97 Å². The van der Waals surface area contributed by atoms with Crippen LogP contribution in [0.2, 0.25) is 0 Å². The van der Waals surface area contributed by atoms with Gasteiger partial charge in [-0.15, -0.1) is 0 Å². The van der Waals surface area contributed by atoms with Gasteiger partial charge in [-0.25, -0.2) is 0 Å². The third-order valence-corrected chi connectivity index (χ3v) is 4.35. The molecule has 0 radical (unpaired) electrons. The van der Waals surface area contributed by atoms with E-state index in [-0.39, 0.29) is 5.97 Å². The van der Waals surface area contributed by atoms with Gasteiger partial charge in [-0.1, -0.05) is 38.5 Å². The molecule has 0 aromatic rings. The van der Waals surface area contributed by atoms with Crippen molar-refractivity contribution in [1.82, 2.24) is 0 Å². The summed E-state index contributed by atoms with van der Waals surface area (Å²) in [5.74, 6) is 0.476. The lowest BCUT2D eigenvalue weighted by atomic mass is 9.76. The van der Waals surface area contributed by atoms with E-state index in [0.29, 0.717) is 17.9 Å². The molecular formula is C16H26O2. The molecule has 0 aliphatic heterocycles. The van der Waals surface area contributed by atoms with Crippen LogP contribution < -0.4 is 0 Å². The summed E-state index contributed by atoms with van der Waals surface area (Å²) in [6.07, 6.45) is 7.82. The fourth-order valence-corrected chi connectivity index (χ4v) is 2.40. The van der Waals surface area contributed by atoms with Crippen molar-refractivity contribution in [3.8, 4) is 0 Å². The van der Waals surface area contributed by atoms with Crippen molar-refractivity contribution >= 4 is 5.97 Å². The Morgan fingerprint density at radius 2 is 2.22 bits per heavy atom. The van der Waals surface area contributed by atoms with Gasteiger partial charge in [-0.3, -0.25) is 4.79 Å². The molecule has 0 spiro atoms. The number of hydrogen-bond donors (Lipinski definition) is 0. The second-order valence-electron chi connectivity index (χ2n) is 5.77. The minimum Gasteiger partial charge on any atom is -0.461 e. The van der Waals surface area contributed by atoms with Crippen molar-refractivity contribution in [2.24, 2.45) is 11.3 Å². The van der Waals surface area contributed by atoms with Crippen LogP contribution in [0.15, 0.2) is 23.3 Å². The van der Waals surface area contributed by atoms with E-state index in [1.165, 1.54) is 24.5 Å². The summed E-state index contributed by atoms with van der Waals surface area (Å²) < 4.78 is 5.06. The highest BCUT2D eigenvalue weighted by molar-refractivity contribution is 5.66. The van der Waals surface area contributed by atoms with Gasteiger partial charge < -0.3 is 4.74 Å². The van der Waals surface area contributed by atoms with Crippen LogP contribution in [0.1, 0.15) is 53.9 Å². The highest BCUT2D eigenvalue weighted by Gasteiger charge is 2.33. The summed E-state index contributed by atoms with van der Waals surface area (Å²) in [5, 5.41) is 0. The lowest BCUT2D eigenvalue weighted by molar-refractivity contribution is -0.140. The first kappa shape index (κ1) is 15.0. The largest absolute Gasteiger partial charge is 0.461 e. The predicted molar refractivity (Wildman–Crippen MR) is 75.3 cm³/mol. The van der Waals surface area contributed by atoms with Crippen molar-refractivity contribution in [3.05, 3.63) is 23.3 Å². The summed E-state index contributed by atoms with van der Waals surface area (Å²) in [4.78, 5) is 10.8. The number of hydrogen-bond acceptors (Lipinski definition) is 2. The van der Waals surface area contributed by atoms with Gasteiger partial charge in [0.2, 0.25) is 0 Å². The molecule has 0 bridgehead atoms. The highest BCUT2D eigenvalue weighted by atomic mass is 16.5. The number of allylic oxidation sites excluding steroid dienone is 3. The average Bonchev–Trinajstić information content (AvgIpc) is 2.55. The lowest BCUT2D eigenvalue weighted by Crippen LogP contribution is -2.20. The van der Waals surface area contributed by atoms with Gasteiger partial charge in [-0.05, 0) is 43.1 Å². The van der Waals surface area contributed by atoms with E-state index >= 15 is 0 Å². The summed E-state index contributed by atoms with van der Waals surface area (Å²) in [7, 11) is 0. The molecule has 0 amide bonds. The Hall–Kier alpha value is -1.05. The molecule has 0 heterocycles. The average molecular weight is 250 g/mol. The molecule has 0 fully saturated rings. The van der Waals surface area contributed by atoms with Gasteiger partial charge in [0.05, 0.1) is 0 Å². The van der Waals surface area contributed by atoms with Crippen molar-refractivity contribution < 1.29 is 9.53 Å². The molecule has 102 valence electrons. The first-order chi connectivity index (χ1) is 8.37. The molecule has 1 rings (SSSR count). The van der Waals surface area contributed by atoms with Crippen molar-refractivity contribution in [1.29, 1.82) is 0 Å². The molecule has 18 heavy (non-hydrogen) atoms. The minimum absolute atomic E-state index is 0.201. The van der Waals surface area contributed by atoms with E-state index in [4.69, 9.17) is 4.74 Å². The zero-order chi connectivity index (χ0) is 13.8. The summed E-state index contributed by atoms with van der Waals surface area (Å²) in [5.41, 5.74) is 3.03. The fourth-order valence-electron chi connectivity index (χ4n) is 2.40. The van der Waals surface area contributed by atoms with E-state index in [1.807, 2.05) is 0 Å². The Balaban J connectivity index is 2.54. The van der Waals surface area contributed by atoms with Gasteiger partial charge in [0.25, 0.3) is 0 Å². The third kappa shape index (κ3) is 3.72. The van der Waals surface area contributed by atoms with E-state index in [2.05, 4.69) is 39.8 Å². The van der Waals surface area contributed by atoms with Crippen molar-refractivity contribution in [2.75, 3.05) is 6.61 Å². The maximum Gasteiger partial charge on any atom is 0.302 e. The number of rotatable bonds is 5. The second-order valence-corrected chi connectivity index (χ2v) is 5.77. The Bertz CT molecular complexity index is 361. The molecule has 1 unspecified atom stereocenters. The van der Waals surface area contributed by atoms with E-state index in [1.54, 1.807) is 0 Å². The Morgan fingerprint density at radius 1 is 1.56 bits per heavy atom. The first-order valence-electron chi connectivity index (χ1n) is 6.86. The number of carbonyl (C=O) groups excluding carboxylic acids is 1. The third-order valence-electron chi connectivity index (χ3n) is 4.35. The fraction of sp³-hybridized carbons (Fsp3) is 0.688. The quantitative estimate of drug-likeness (QED) is 0.538. The summed E-state index contributed by atoms with van der Waals surface area (Å²) >= 11 is 0. The van der Waals surface area contributed by atoms with E-state index in [9.17, 15) is 4.79 Å². The molecule has 1 aliphatic rings. The van der Waals surface area contributed by atoms with Gasteiger partial charge in [-0.2, -0.15) is 0 Å². The maximum absolute atomic E-state index is 10.8. The molecule has 1 atom stereocenters. The van der Waals surface area contributed by atoms with Crippen LogP contribution in [0.5, 0.6) is 0 Å². The summed E-state index contributed by atoms with van der Waals surface area (Å²) in [6.45, 7) is 10.9. The molecule has 2 heteroatoms. The second kappa shape index (κ2) is 6.21. The Labute approximate surface area is 111 Å². The Kier molecular flexibility index (Phi) is 5.18. The van der Waals surface area contributed by atoms with Crippen LogP contribution in [0.3, 0.4) is 0 Å². The molecule has 1 aliphatic carbocycles. The van der Waals surface area contributed by atoms with Crippen LogP contribution in [0.25, 0.3) is 0 Å². The van der Waals surface area contributed by atoms with Crippen molar-refractivity contribution in [3.63, 3.8) is 0 Å². The van der Waals surface area contributed by atoms with Crippen LogP contribution in [0.4, 0.5) is 0 Å². The SMILES string of the molecule is CCC(=CCC1CC=C(C)C1(C)C)COC(C)=O. The summed E-state index contributed by atoms with van der Waals surface area (Å²) in [6, 6.07) is 0. The van der Waals surface area contributed by atoms with Crippen LogP contribution in [-0.2, 0) is 9.53 Å². The van der Waals surface area contributed by atoms with Gasteiger partial charge in [0, 0.05) is 6.92 Å². The predicted octanol–water partition coefficient (Wildman–Crippen LogP) is 4.27.